The van der Waals surface area contributed by atoms with Crippen LogP contribution < -0.4 is 31.5 Å². The second-order valence-corrected chi connectivity index (χ2v) is 10.3. The number of rotatable bonds is 16. The monoisotopic (exact) mass is 608 g/mol. The van der Waals surface area contributed by atoms with E-state index < -0.39 is 4.92 Å². The van der Waals surface area contributed by atoms with E-state index in [1.165, 1.54) is 12.1 Å². The summed E-state index contributed by atoms with van der Waals surface area (Å²) < 4.78 is 10.7. The van der Waals surface area contributed by atoms with Crippen LogP contribution in [-0.4, -0.2) is 97.5 Å². The van der Waals surface area contributed by atoms with Crippen molar-refractivity contribution in [2.75, 3.05) is 86.1 Å². The zero-order valence-electron chi connectivity index (χ0n) is 25.1. The van der Waals surface area contributed by atoms with Gasteiger partial charge in [-0.25, -0.2) is 0 Å². The number of carbonyl (C=O) groups excluding carboxylic acids is 1. The maximum absolute atomic E-state index is 12.7. The van der Waals surface area contributed by atoms with Crippen molar-refractivity contribution in [1.82, 2.24) is 20.3 Å². The lowest BCUT2D eigenvalue weighted by Gasteiger charge is -2.36. The highest BCUT2D eigenvalue weighted by Crippen LogP contribution is 2.24. The van der Waals surface area contributed by atoms with Crippen LogP contribution >= 0.6 is 0 Å². The van der Waals surface area contributed by atoms with Gasteiger partial charge in [0.25, 0.3) is 11.6 Å². The standard InChI is InChI=1S/C29H40N10O5/c1-21(2)32-27-34-28(33-23-5-3-4-22(20-23)26(40)31-11-17-44-19-18-43-16-10-30)36-29(35-27)38-14-12-37(13-15-38)24-6-8-25(9-7-24)39(41)42/h3-9,20-21H,10-19,30H2,1-2H3,(H,31,40)(H2,32,33,34,35,36). The van der Waals surface area contributed by atoms with Gasteiger partial charge in [0, 0.05) is 74.4 Å². The zero-order valence-corrected chi connectivity index (χ0v) is 25.1. The molecular weight excluding hydrogens is 568 g/mol. The second-order valence-electron chi connectivity index (χ2n) is 10.3. The summed E-state index contributed by atoms with van der Waals surface area (Å²) in [5, 5.41) is 20.3. The largest absolute Gasteiger partial charge is 0.378 e. The van der Waals surface area contributed by atoms with Crippen LogP contribution in [0.1, 0.15) is 24.2 Å². The summed E-state index contributed by atoms with van der Waals surface area (Å²) in [5.41, 5.74) is 7.52. The van der Waals surface area contributed by atoms with Crippen LogP contribution in [0.4, 0.5) is 34.9 Å². The Kier molecular flexibility index (Phi) is 12.0. The van der Waals surface area contributed by atoms with E-state index in [0.717, 1.165) is 5.69 Å². The molecule has 1 amide bonds. The molecule has 4 rings (SSSR count). The van der Waals surface area contributed by atoms with E-state index in [1.54, 1.807) is 30.3 Å². The van der Waals surface area contributed by atoms with Gasteiger partial charge in [0.1, 0.15) is 0 Å². The summed E-state index contributed by atoms with van der Waals surface area (Å²) in [6, 6.07) is 13.8. The molecule has 236 valence electrons. The Labute approximate surface area is 256 Å². The van der Waals surface area contributed by atoms with Crippen molar-refractivity contribution < 1.29 is 19.2 Å². The molecule has 0 radical (unpaired) electrons. The number of anilines is 5. The van der Waals surface area contributed by atoms with E-state index in [9.17, 15) is 14.9 Å². The van der Waals surface area contributed by atoms with Crippen LogP contribution in [0.3, 0.4) is 0 Å². The Bertz CT molecular complexity index is 1370. The molecule has 1 saturated heterocycles. The summed E-state index contributed by atoms with van der Waals surface area (Å²) in [6.07, 6.45) is 0. The molecule has 2 heterocycles. The van der Waals surface area contributed by atoms with E-state index in [2.05, 4.69) is 40.7 Å². The Morgan fingerprint density at radius 3 is 2.32 bits per heavy atom. The maximum atomic E-state index is 12.7. The fourth-order valence-electron chi connectivity index (χ4n) is 4.45. The average molecular weight is 609 g/mol. The lowest BCUT2D eigenvalue weighted by molar-refractivity contribution is -0.384. The van der Waals surface area contributed by atoms with E-state index in [-0.39, 0.29) is 17.6 Å². The van der Waals surface area contributed by atoms with Gasteiger partial charge in [-0.1, -0.05) is 6.07 Å². The smallest absolute Gasteiger partial charge is 0.269 e. The molecule has 0 spiro atoms. The predicted octanol–water partition coefficient (Wildman–Crippen LogP) is 2.39. The number of nitrogens with zero attached hydrogens (tertiary/aromatic N) is 6. The SMILES string of the molecule is CC(C)Nc1nc(Nc2cccc(C(=O)NCCOCCOCCN)c2)nc(N2CCN(c3ccc([N+](=O)[O-])cc3)CC2)n1. The molecule has 0 atom stereocenters. The molecular formula is C29H40N10O5. The molecule has 3 aromatic rings. The molecule has 0 unspecified atom stereocenters. The number of ether oxygens (including phenoxy) is 2. The number of piperazine rings is 1. The first-order valence-electron chi connectivity index (χ1n) is 14.6. The molecule has 15 nitrogen and oxygen atoms in total. The van der Waals surface area contributed by atoms with Crippen molar-refractivity contribution >= 4 is 40.8 Å². The third-order valence-corrected chi connectivity index (χ3v) is 6.58. The number of nitro groups is 1. The molecule has 1 aromatic heterocycles. The van der Waals surface area contributed by atoms with Crippen molar-refractivity contribution in [3.63, 3.8) is 0 Å². The van der Waals surface area contributed by atoms with E-state index in [4.69, 9.17) is 15.2 Å². The Morgan fingerprint density at radius 2 is 1.64 bits per heavy atom. The van der Waals surface area contributed by atoms with Crippen molar-refractivity contribution in [3.05, 3.63) is 64.2 Å². The number of nitrogens with one attached hydrogen (secondary N) is 3. The highest BCUT2D eigenvalue weighted by molar-refractivity contribution is 5.95. The van der Waals surface area contributed by atoms with Gasteiger partial charge in [0.05, 0.1) is 31.4 Å². The van der Waals surface area contributed by atoms with Crippen LogP contribution in [0.15, 0.2) is 48.5 Å². The van der Waals surface area contributed by atoms with Crippen molar-refractivity contribution in [3.8, 4) is 0 Å². The Morgan fingerprint density at radius 1 is 0.955 bits per heavy atom. The Balaban J connectivity index is 1.37. The van der Waals surface area contributed by atoms with Gasteiger partial charge in [-0.3, -0.25) is 14.9 Å². The summed E-state index contributed by atoms with van der Waals surface area (Å²) >= 11 is 0. The number of carbonyl (C=O) groups is 1. The maximum Gasteiger partial charge on any atom is 0.269 e. The summed E-state index contributed by atoms with van der Waals surface area (Å²) in [4.78, 5) is 41.4. The van der Waals surface area contributed by atoms with Crippen molar-refractivity contribution in [1.29, 1.82) is 0 Å². The highest BCUT2D eigenvalue weighted by Gasteiger charge is 2.22. The normalized spacial score (nSPS) is 13.2. The van der Waals surface area contributed by atoms with Crippen LogP contribution in [0.5, 0.6) is 0 Å². The molecule has 1 fully saturated rings. The highest BCUT2D eigenvalue weighted by atomic mass is 16.6. The van der Waals surface area contributed by atoms with E-state index in [1.807, 2.05) is 19.9 Å². The zero-order chi connectivity index (χ0) is 31.3. The van der Waals surface area contributed by atoms with E-state index >= 15 is 0 Å². The van der Waals surface area contributed by atoms with Gasteiger partial charge >= 0.3 is 0 Å². The first-order chi connectivity index (χ1) is 21.3. The number of aromatic nitrogens is 3. The van der Waals surface area contributed by atoms with Gasteiger partial charge in [0.2, 0.25) is 17.8 Å². The molecule has 0 bridgehead atoms. The number of hydrogen-bond acceptors (Lipinski definition) is 13. The van der Waals surface area contributed by atoms with Gasteiger partial charge in [0.15, 0.2) is 0 Å². The number of non-ortho nitro benzene ring substituents is 1. The van der Waals surface area contributed by atoms with Gasteiger partial charge in [-0.05, 0) is 44.2 Å². The number of hydrogen-bond donors (Lipinski definition) is 4. The minimum atomic E-state index is -0.400. The third kappa shape index (κ3) is 9.72. The van der Waals surface area contributed by atoms with Gasteiger partial charge in [-0.15, -0.1) is 0 Å². The topological polar surface area (TPSA) is 186 Å². The minimum Gasteiger partial charge on any atom is -0.378 e. The molecule has 0 saturated carbocycles. The molecule has 15 heteroatoms. The van der Waals surface area contributed by atoms with Gasteiger partial charge < -0.3 is 41.0 Å². The number of amides is 1. The van der Waals surface area contributed by atoms with E-state index in [0.29, 0.717) is 94.8 Å². The lowest BCUT2D eigenvalue weighted by atomic mass is 10.2. The van der Waals surface area contributed by atoms with Crippen molar-refractivity contribution in [2.24, 2.45) is 5.73 Å². The lowest BCUT2D eigenvalue weighted by Crippen LogP contribution is -2.47. The molecule has 5 N–H and O–H groups in total. The van der Waals surface area contributed by atoms with Gasteiger partial charge in [-0.2, -0.15) is 15.0 Å². The molecule has 0 aliphatic carbocycles. The molecule has 2 aromatic carbocycles. The molecule has 44 heavy (non-hydrogen) atoms. The second kappa shape index (κ2) is 16.3. The number of benzene rings is 2. The van der Waals surface area contributed by atoms with Crippen LogP contribution in [0, 0.1) is 10.1 Å². The minimum absolute atomic E-state index is 0.0692. The van der Waals surface area contributed by atoms with Crippen LogP contribution in [-0.2, 0) is 9.47 Å². The summed E-state index contributed by atoms with van der Waals surface area (Å²) in [6.45, 7) is 9.31. The molecule has 1 aliphatic heterocycles. The van der Waals surface area contributed by atoms with Crippen LogP contribution in [0.25, 0.3) is 0 Å². The Hall–Kier alpha value is -4.60. The first-order valence-corrected chi connectivity index (χ1v) is 14.6. The van der Waals surface area contributed by atoms with Crippen LogP contribution in [0.2, 0.25) is 0 Å². The van der Waals surface area contributed by atoms with Crippen molar-refractivity contribution in [2.45, 2.75) is 19.9 Å². The first kappa shape index (κ1) is 32.3. The fraction of sp³-hybridized carbons (Fsp3) is 0.448. The fourth-order valence-corrected chi connectivity index (χ4v) is 4.45. The summed E-state index contributed by atoms with van der Waals surface area (Å²) in [5.74, 6) is 1.09. The summed E-state index contributed by atoms with van der Waals surface area (Å²) in [7, 11) is 0. The third-order valence-electron chi connectivity index (χ3n) is 6.58. The molecule has 1 aliphatic rings. The quantitative estimate of drug-likeness (QED) is 0.106. The predicted molar refractivity (Wildman–Crippen MR) is 169 cm³/mol. The number of nitro benzene ring substituents is 1. The average Bonchev–Trinajstić information content (AvgIpc) is 3.02. The number of nitrogens with two attached hydrogens (primary N) is 1.